The van der Waals surface area contributed by atoms with E-state index in [0.29, 0.717) is 0 Å². The molecule has 0 aliphatic carbocycles. The Morgan fingerprint density at radius 2 is 0.685 bits per heavy atom. The molecule has 9 aromatic carbocycles. The van der Waals surface area contributed by atoms with Gasteiger partial charge in [0.2, 0.25) is 0 Å². The van der Waals surface area contributed by atoms with Crippen molar-refractivity contribution in [3.8, 4) is 44.5 Å². The minimum absolute atomic E-state index is 0.881. The Balaban J connectivity index is 1.15. The van der Waals surface area contributed by atoms with E-state index >= 15 is 0 Å². The number of nitrogens with zero attached hydrogens (tertiary/aromatic N) is 1. The van der Waals surface area contributed by atoms with E-state index in [0.717, 1.165) is 55.5 Å². The number of hydrogen-bond donors (Lipinski definition) is 0. The first-order chi connectivity index (χ1) is 26.8. The molecule has 0 atom stereocenters. The lowest BCUT2D eigenvalue weighted by Crippen LogP contribution is -2.11. The quantitative estimate of drug-likeness (QED) is 0.166. The summed E-state index contributed by atoms with van der Waals surface area (Å²) in [6.45, 7) is 0. The van der Waals surface area contributed by atoms with Crippen LogP contribution in [0.15, 0.2) is 217 Å². The zero-order valence-electron chi connectivity index (χ0n) is 29.6. The summed E-state index contributed by atoms with van der Waals surface area (Å²) in [5.41, 5.74) is 14.3. The lowest BCUT2D eigenvalue weighted by Gasteiger charge is -2.28. The van der Waals surface area contributed by atoms with Gasteiger partial charge in [-0.25, -0.2) is 0 Å². The van der Waals surface area contributed by atoms with Crippen LogP contribution in [0.2, 0.25) is 0 Å². The van der Waals surface area contributed by atoms with Crippen molar-refractivity contribution >= 4 is 49.8 Å². The molecule has 0 amide bonds. The van der Waals surface area contributed by atoms with Crippen LogP contribution < -0.4 is 4.90 Å². The third kappa shape index (κ3) is 5.62. The molecule has 2 heteroatoms. The highest BCUT2D eigenvalue weighted by atomic mass is 16.3. The molecule has 0 unspecified atom stereocenters. The summed E-state index contributed by atoms with van der Waals surface area (Å²) in [4.78, 5) is 2.37. The van der Waals surface area contributed by atoms with Crippen LogP contribution in [0.4, 0.5) is 17.1 Å². The number of furan rings is 1. The fraction of sp³-hybridized carbons (Fsp3) is 0. The number of rotatable bonds is 7. The molecule has 254 valence electrons. The predicted molar refractivity (Wildman–Crippen MR) is 228 cm³/mol. The fourth-order valence-electron chi connectivity index (χ4n) is 7.78. The predicted octanol–water partition coefficient (Wildman–Crippen LogP) is 14.9. The summed E-state index contributed by atoms with van der Waals surface area (Å²) in [5.74, 6) is 0. The highest BCUT2D eigenvalue weighted by Gasteiger charge is 2.23. The summed E-state index contributed by atoms with van der Waals surface area (Å²) >= 11 is 0. The molecule has 0 bridgehead atoms. The molecule has 0 saturated heterocycles. The second kappa shape index (κ2) is 13.4. The summed E-state index contributed by atoms with van der Waals surface area (Å²) in [6, 6.07) is 75.7. The molecule has 0 N–H and O–H groups in total. The maximum atomic E-state index is 6.98. The Labute approximate surface area is 314 Å². The minimum atomic E-state index is 0.881. The fourth-order valence-corrected chi connectivity index (χ4v) is 7.78. The molecular formula is C52H35NO. The normalized spacial score (nSPS) is 11.3. The van der Waals surface area contributed by atoms with Gasteiger partial charge < -0.3 is 9.32 Å². The molecule has 0 spiro atoms. The van der Waals surface area contributed by atoms with Crippen molar-refractivity contribution in [1.82, 2.24) is 0 Å². The molecule has 1 heterocycles. The molecule has 0 fully saturated rings. The van der Waals surface area contributed by atoms with E-state index in [9.17, 15) is 0 Å². The van der Waals surface area contributed by atoms with Crippen LogP contribution in [0.25, 0.3) is 77.2 Å². The largest absolute Gasteiger partial charge is 0.455 e. The Bertz CT molecular complexity index is 2880. The lowest BCUT2D eigenvalue weighted by molar-refractivity contribution is 0.674. The second-order valence-electron chi connectivity index (χ2n) is 13.7. The lowest BCUT2D eigenvalue weighted by atomic mass is 9.97. The Morgan fingerprint density at radius 1 is 0.278 bits per heavy atom. The van der Waals surface area contributed by atoms with Crippen LogP contribution in [-0.4, -0.2) is 0 Å². The zero-order valence-corrected chi connectivity index (χ0v) is 29.6. The van der Waals surface area contributed by atoms with E-state index in [1.165, 1.54) is 38.8 Å². The topological polar surface area (TPSA) is 16.4 Å². The third-order valence-corrected chi connectivity index (χ3v) is 10.5. The van der Waals surface area contributed by atoms with Gasteiger partial charge in [-0.3, -0.25) is 0 Å². The second-order valence-corrected chi connectivity index (χ2v) is 13.7. The summed E-state index contributed by atoms with van der Waals surface area (Å²) < 4.78 is 6.98. The molecule has 54 heavy (non-hydrogen) atoms. The summed E-state index contributed by atoms with van der Waals surface area (Å²) in [6.07, 6.45) is 0. The van der Waals surface area contributed by atoms with Gasteiger partial charge in [0.15, 0.2) is 0 Å². The molecule has 10 aromatic rings. The molecule has 0 aliphatic rings. The minimum Gasteiger partial charge on any atom is -0.455 e. The van der Waals surface area contributed by atoms with Gasteiger partial charge in [0, 0.05) is 33.1 Å². The van der Waals surface area contributed by atoms with Gasteiger partial charge in [-0.2, -0.15) is 0 Å². The molecule has 2 nitrogen and oxygen atoms in total. The first kappa shape index (κ1) is 31.6. The Kier molecular flexibility index (Phi) is 7.85. The van der Waals surface area contributed by atoms with Crippen molar-refractivity contribution in [2.45, 2.75) is 0 Å². The SMILES string of the molecule is c1ccc(-c2ccc(-c3ccc(N(c4ccc(-c5ccccc5)cc4)c4ccc5c(oc6c7ccccc7ccc56)c4-c4ccccc4)cc3)cc2)cc1. The highest BCUT2D eigenvalue weighted by molar-refractivity contribution is 6.19. The third-order valence-electron chi connectivity index (χ3n) is 10.5. The van der Waals surface area contributed by atoms with Crippen LogP contribution in [0, 0.1) is 0 Å². The maximum Gasteiger partial charge on any atom is 0.145 e. The van der Waals surface area contributed by atoms with Gasteiger partial charge in [0.25, 0.3) is 0 Å². The van der Waals surface area contributed by atoms with Crippen molar-refractivity contribution in [2.75, 3.05) is 4.90 Å². The van der Waals surface area contributed by atoms with Crippen LogP contribution in [0.3, 0.4) is 0 Å². The van der Waals surface area contributed by atoms with Crippen molar-refractivity contribution in [2.24, 2.45) is 0 Å². The number of anilines is 3. The smallest absolute Gasteiger partial charge is 0.145 e. The van der Waals surface area contributed by atoms with Gasteiger partial charge in [-0.05, 0) is 86.8 Å². The van der Waals surface area contributed by atoms with Gasteiger partial charge in [-0.1, -0.05) is 170 Å². The number of hydrogen-bond acceptors (Lipinski definition) is 2. The molecular weight excluding hydrogens is 655 g/mol. The van der Waals surface area contributed by atoms with E-state index in [2.05, 4.69) is 217 Å². The van der Waals surface area contributed by atoms with Gasteiger partial charge in [-0.15, -0.1) is 0 Å². The average Bonchev–Trinajstić information content (AvgIpc) is 3.64. The summed E-state index contributed by atoms with van der Waals surface area (Å²) in [5, 5.41) is 4.51. The van der Waals surface area contributed by atoms with Crippen molar-refractivity contribution in [3.05, 3.63) is 212 Å². The first-order valence-electron chi connectivity index (χ1n) is 18.4. The number of fused-ring (bicyclic) bond motifs is 5. The molecule has 0 radical (unpaired) electrons. The van der Waals surface area contributed by atoms with Crippen LogP contribution in [0.1, 0.15) is 0 Å². The number of benzene rings is 9. The molecule has 10 rings (SSSR count). The van der Waals surface area contributed by atoms with Crippen molar-refractivity contribution < 1.29 is 4.42 Å². The van der Waals surface area contributed by atoms with Crippen molar-refractivity contribution in [1.29, 1.82) is 0 Å². The van der Waals surface area contributed by atoms with Crippen LogP contribution in [0.5, 0.6) is 0 Å². The van der Waals surface area contributed by atoms with Crippen LogP contribution >= 0.6 is 0 Å². The Hall–Kier alpha value is -7.16. The Morgan fingerprint density at radius 3 is 1.22 bits per heavy atom. The average molecular weight is 690 g/mol. The van der Waals surface area contributed by atoms with E-state index < -0.39 is 0 Å². The van der Waals surface area contributed by atoms with Gasteiger partial charge in [0.1, 0.15) is 11.2 Å². The van der Waals surface area contributed by atoms with Crippen molar-refractivity contribution in [3.63, 3.8) is 0 Å². The molecule has 1 aromatic heterocycles. The summed E-state index contributed by atoms with van der Waals surface area (Å²) in [7, 11) is 0. The molecule has 0 aliphatic heterocycles. The van der Waals surface area contributed by atoms with E-state index in [1.807, 2.05) is 0 Å². The van der Waals surface area contributed by atoms with Gasteiger partial charge >= 0.3 is 0 Å². The van der Waals surface area contributed by atoms with Gasteiger partial charge in [0.05, 0.1) is 5.69 Å². The highest BCUT2D eigenvalue weighted by Crippen LogP contribution is 2.47. The monoisotopic (exact) mass is 689 g/mol. The van der Waals surface area contributed by atoms with E-state index in [1.54, 1.807) is 0 Å². The van der Waals surface area contributed by atoms with E-state index in [4.69, 9.17) is 4.42 Å². The first-order valence-corrected chi connectivity index (χ1v) is 18.4. The molecule has 0 saturated carbocycles. The maximum absolute atomic E-state index is 6.98. The zero-order chi connectivity index (χ0) is 35.8. The van der Waals surface area contributed by atoms with E-state index in [-0.39, 0.29) is 0 Å². The standard InChI is InChI=1S/C52H35NO/c1-4-12-36(13-5-1)38-20-22-39(23-21-38)41-26-31-45(32-27-41)53(44-29-24-40(25-30-44)37-14-6-2-7-15-37)49-35-34-48-47-33-28-42-16-10-11-19-46(42)51(47)54-52(48)50(49)43-17-8-3-9-18-43/h1-35H. The van der Waals surface area contributed by atoms with Crippen LogP contribution in [-0.2, 0) is 0 Å².